The van der Waals surface area contributed by atoms with Gasteiger partial charge < -0.3 is 14.8 Å². The molecule has 1 amide bonds. The Morgan fingerprint density at radius 1 is 1.04 bits per heavy atom. The van der Waals surface area contributed by atoms with E-state index in [4.69, 9.17) is 32.7 Å². The predicted octanol–water partition coefficient (Wildman–Crippen LogP) is 5.44. The third-order valence-corrected chi connectivity index (χ3v) is 3.91. The lowest BCUT2D eigenvalue weighted by atomic mass is 10.1. The predicted molar refractivity (Wildman–Crippen MR) is 102 cm³/mol. The van der Waals surface area contributed by atoms with E-state index < -0.39 is 0 Å². The molecule has 0 saturated heterocycles. The number of amides is 1. The maximum Gasteiger partial charge on any atom is 0.262 e. The summed E-state index contributed by atoms with van der Waals surface area (Å²) in [4.78, 5) is 11.9. The molecule has 134 valence electrons. The number of nitrogens with one attached hydrogen (secondary N) is 1. The van der Waals surface area contributed by atoms with Gasteiger partial charge in [0.2, 0.25) is 0 Å². The average molecular weight is 382 g/mol. The van der Waals surface area contributed by atoms with Gasteiger partial charge >= 0.3 is 0 Å². The van der Waals surface area contributed by atoms with Crippen LogP contribution in [0.2, 0.25) is 10.0 Å². The molecule has 0 aliphatic rings. The van der Waals surface area contributed by atoms with Gasteiger partial charge in [0.15, 0.2) is 6.61 Å². The summed E-state index contributed by atoms with van der Waals surface area (Å²) in [6.45, 7) is 4.87. The van der Waals surface area contributed by atoms with E-state index in [-0.39, 0.29) is 12.5 Å². The Bertz CT molecular complexity index is 702. The molecule has 2 rings (SSSR count). The minimum Gasteiger partial charge on any atom is -0.494 e. The third-order valence-electron chi connectivity index (χ3n) is 3.36. The van der Waals surface area contributed by atoms with E-state index in [1.807, 2.05) is 12.1 Å². The van der Waals surface area contributed by atoms with Gasteiger partial charge in [-0.25, -0.2) is 0 Å². The number of anilines is 1. The third kappa shape index (κ3) is 6.85. The number of benzene rings is 2. The molecule has 4 nitrogen and oxygen atoms in total. The molecule has 0 aliphatic heterocycles. The molecule has 2 aromatic rings. The Balaban J connectivity index is 1.79. The normalized spacial score (nSPS) is 10.6. The van der Waals surface area contributed by atoms with Crippen molar-refractivity contribution in [1.29, 1.82) is 0 Å². The van der Waals surface area contributed by atoms with Gasteiger partial charge in [-0.3, -0.25) is 4.79 Å². The first-order valence-corrected chi connectivity index (χ1v) is 8.80. The lowest BCUT2D eigenvalue weighted by molar-refractivity contribution is -0.118. The van der Waals surface area contributed by atoms with Crippen LogP contribution in [0, 0.1) is 5.92 Å². The summed E-state index contributed by atoms with van der Waals surface area (Å²) in [5.74, 6) is 1.68. The molecule has 0 bridgehead atoms. The van der Waals surface area contributed by atoms with E-state index in [2.05, 4.69) is 19.2 Å². The second kappa shape index (κ2) is 9.54. The molecule has 1 N–H and O–H groups in total. The highest BCUT2D eigenvalue weighted by Crippen LogP contribution is 2.25. The first-order valence-electron chi connectivity index (χ1n) is 8.04. The maximum absolute atomic E-state index is 11.9. The van der Waals surface area contributed by atoms with Crippen LogP contribution in [0.4, 0.5) is 5.69 Å². The first kappa shape index (κ1) is 19.4. The second-order valence-electron chi connectivity index (χ2n) is 5.96. The van der Waals surface area contributed by atoms with Crippen LogP contribution < -0.4 is 14.8 Å². The summed E-state index contributed by atoms with van der Waals surface area (Å²) < 4.78 is 11.1. The minimum atomic E-state index is -0.304. The van der Waals surface area contributed by atoms with Gasteiger partial charge in [0, 0.05) is 5.02 Å². The molecule has 0 heterocycles. The molecule has 0 aromatic heterocycles. The molecule has 0 aliphatic carbocycles. The highest BCUT2D eigenvalue weighted by atomic mass is 35.5. The van der Waals surface area contributed by atoms with Crippen LogP contribution in [-0.2, 0) is 4.79 Å². The smallest absolute Gasteiger partial charge is 0.262 e. The molecular formula is C19H21Cl2NO3. The van der Waals surface area contributed by atoms with Gasteiger partial charge in [0.05, 0.1) is 17.3 Å². The SMILES string of the molecule is CC(C)CCOc1ccc(OCC(=O)Nc2ccc(Cl)cc2Cl)cc1. The van der Waals surface area contributed by atoms with E-state index in [0.29, 0.717) is 34.0 Å². The number of hydrogen-bond acceptors (Lipinski definition) is 3. The molecule has 0 atom stereocenters. The van der Waals surface area contributed by atoms with E-state index >= 15 is 0 Å². The Hall–Kier alpha value is -1.91. The lowest BCUT2D eigenvalue weighted by Gasteiger charge is -2.10. The van der Waals surface area contributed by atoms with Crippen molar-refractivity contribution in [3.05, 3.63) is 52.5 Å². The van der Waals surface area contributed by atoms with Crippen molar-refractivity contribution in [3.63, 3.8) is 0 Å². The molecule has 0 fully saturated rings. The Morgan fingerprint density at radius 2 is 1.68 bits per heavy atom. The first-order chi connectivity index (χ1) is 11.9. The highest BCUT2D eigenvalue weighted by molar-refractivity contribution is 6.36. The second-order valence-corrected chi connectivity index (χ2v) is 6.81. The van der Waals surface area contributed by atoms with Crippen molar-refractivity contribution in [2.75, 3.05) is 18.5 Å². The van der Waals surface area contributed by atoms with E-state index in [1.54, 1.807) is 30.3 Å². The van der Waals surface area contributed by atoms with Gasteiger partial charge in [-0.15, -0.1) is 0 Å². The van der Waals surface area contributed by atoms with Gasteiger partial charge in [-0.2, -0.15) is 0 Å². The van der Waals surface area contributed by atoms with Crippen molar-refractivity contribution in [1.82, 2.24) is 0 Å². The zero-order valence-electron chi connectivity index (χ0n) is 14.2. The fourth-order valence-electron chi connectivity index (χ4n) is 1.97. The molecular weight excluding hydrogens is 361 g/mol. The monoisotopic (exact) mass is 381 g/mol. The number of rotatable bonds is 8. The van der Waals surface area contributed by atoms with Gasteiger partial charge in [-0.05, 0) is 54.8 Å². The summed E-state index contributed by atoms with van der Waals surface area (Å²) in [6.07, 6.45) is 1.01. The molecule has 25 heavy (non-hydrogen) atoms. The molecule has 0 spiro atoms. The number of carbonyl (C=O) groups excluding carboxylic acids is 1. The van der Waals surface area contributed by atoms with Crippen molar-refractivity contribution in [3.8, 4) is 11.5 Å². The number of hydrogen-bond donors (Lipinski definition) is 1. The topological polar surface area (TPSA) is 47.6 Å². The van der Waals surface area contributed by atoms with Crippen LogP contribution in [-0.4, -0.2) is 19.1 Å². The minimum absolute atomic E-state index is 0.119. The lowest BCUT2D eigenvalue weighted by Crippen LogP contribution is -2.20. The zero-order chi connectivity index (χ0) is 18.2. The quantitative estimate of drug-likeness (QED) is 0.662. The van der Waals surface area contributed by atoms with E-state index in [1.165, 1.54) is 0 Å². The van der Waals surface area contributed by atoms with E-state index in [0.717, 1.165) is 12.2 Å². The fraction of sp³-hybridized carbons (Fsp3) is 0.316. The Morgan fingerprint density at radius 3 is 2.28 bits per heavy atom. The number of ether oxygens (including phenoxy) is 2. The zero-order valence-corrected chi connectivity index (χ0v) is 15.7. The summed E-state index contributed by atoms with van der Waals surface area (Å²) in [7, 11) is 0. The van der Waals surface area contributed by atoms with Crippen LogP contribution >= 0.6 is 23.2 Å². The molecule has 0 radical (unpaired) electrons. The Labute approximate surface area is 158 Å². The summed E-state index contributed by atoms with van der Waals surface area (Å²) in [5, 5.41) is 3.57. The summed E-state index contributed by atoms with van der Waals surface area (Å²) in [6, 6.07) is 12.1. The van der Waals surface area contributed by atoms with Crippen LogP contribution in [0.25, 0.3) is 0 Å². The standard InChI is InChI=1S/C19H21Cl2NO3/c1-13(2)9-10-24-15-4-6-16(7-5-15)25-12-19(23)22-18-8-3-14(20)11-17(18)21/h3-8,11,13H,9-10,12H2,1-2H3,(H,22,23). The number of carbonyl (C=O) groups is 1. The van der Waals surface area contributed by atoms with Crippen LogP contribution in [0.5, 0.6) is 11.5 Å². The highest BCUT2D eigenvalue weighted by Gasteiger charge is 2.07. The fourth-order valence-corrected chi connectivity index (χ4v) is 2.43. The number of halogens is 2. The van der Waals surface area contributed by atoms with E-state index in [9.17, 15) is 4.79 Å². The molecule has 0 unspecified atom stereocenters. The van der Waals surface area contributed by atoms with Crippen molar-refractivity contribution < 1.29 is 14.3 Å². The maximum atomic E-state index is 11.9. The van der Waals surface area contributed by atoms with Crippen LogP contribution in [0.15, 0.2) is 42.5 Å². The van der Waals surface area contributed by atoms with Gasteiger partial charge in [-0.1, -0.05) is 37.0 Å². The van der Waals surface area contributed by atoms with Crippen molar-refractivity contribution in [2.45, 2.75) is 20.3 Å². The van der Waals surface area contributed by atoms with Crippen molar-refractivity contribution in [2.24, 2.45) is 5.92 Å². The molecule has 2 aromatic carbocycles. The average Bonchev–Trinajstić information content (AvgIpc) is 2.56. The van der Waals surface area contributed by atoms with Crippen LogP contribution in [0.1, 0.15) is 20.3 Å². The van der Waals surface area contributed by atoms with Crippen molar-refractivity contribution >= 4 is 34.8 Å². The van der Waals surface area contributed by atoms with Gasteiger partial charge in [0.25, 0.3) is 5.91 Å². The van der Waals surface area contributed by atoms with Crippen LogP contribution in [0.3, 0.4) is 0 Å². The molecule has 6 heteroatoms. The molecule has 0 saturated carbocycles. The summed E-state index contributed by atoms with van der Waals surface area (Å²) in [5.41, 5.74) is 0.494. The summed E-state index contributed by atoms with van der Waals surface area (Å²) >= 11 is 11.8. The largest absolute Gasteiger partial charge is 0.494 e. The van der Waals surface area contributed by atoms with Gasteiger partial charge in [0.1, 0.15) is 11.5 Å². The Kier molecular flexibility index (Phi) is 7.41.